The SMILES string of the molecule is C=C(Cl)C(=O)OCCCC(F)(F)F. The van der Waals surface area contributed by atoms with Crippen LogP contribution in [-0.4, -0.2) is 18.8 Å². The van der Waals surface area contributed by atoms with Crippen molar-refractivity contribution in [2.45, 2.75) is 19.0 Å². The van der Waals surface area contributed by atoms with Gasteiger partial charge in [-0.2, -0.15) is 13.2 Å². The van der Waals surface area contributed by atoms with Crippen LogP contribution in [0.2, 0.25) is 0 Å². The molecule has 0 N–H and O–H groups in total. The minimum atomic E-state index is -4.22. The highest BCUT2D eigenvalue weighted by Crippen LogP contribution is 2.21. The molecule has 0 aromatic carbocycles. The van der Waals surface area contributed by atoms with Gasteiger partial charge in [-0.15, -0.1) is 0 Å². The predicted molar refractivity (Wildman–Crippen MR) is 41.2 cm³/mol. The van der Waals surface area contributed by atoms with Gasteiger partial charge in [0.1, 0.15) is 5.03 Å². The minimum Gasteiger partial charge on any atom is -0.461 e. The normalized spacial score (nSPS) is 11.1. The zero-order chi connectivity index (χ0) is 10.5. The standard InChI is InChI=1S/C7H8ClF3O2/c1-5(8)6(12)13-4-2-3-7(9,10)11/h1-4H2. The van der Waals surface area contributed by atoms with Gasteiger partial charge in [0.2, 0.25) is 0 Å². The van der Waals surface area contributed by atoms with Crippen LogP contribution in [0.4, 0.5) is 13.2 Å². The van der Waals surface area contributed by atoms with E-state index in [4.69, 9.17) is 11.6 Å². The molecule has 0 unspecified atom stereocenters. The third-order valence-electron chi connectivity index (χ3n) is 1.06. The predicted octanol–water partition coefficient (Wildman–Crippen LogP) is 2.62. The summed E-state index contributed by atoms with van der Waals surface area (Å²) >= 11 is 5.11. The molecule has 0 radical (unpaired) electrons. The molecule has 6 heteroatoms. The average molecular weight is 217 g/mol. The fourth-order valence-corrected chi connectivity index (χ4v) is 0.570. The van der Waals surface area contributed by atoms with Crippen LogP contribution in [0.1, 0.15) is 12.8 Å². The Kier molecular flexibility index (Phi) is 4.83. The van der Waals surface area contributed by atoms with E-state index in [0.29, 0.717) is 0 Å². The molecular weight excluding hydrogens is 209 g/mol. The van der Waals surface area contributed by atoms with Crippen molar-refractivity contribution in [2.75, 3.05) is 6.61 Å². The molecule has 0 aromatic rings. The topological polar surface area (TPSA) is 26.3 Å². The number of hydrogen-bond acceptors (Lipinski definition) is 2. The first kappa shape index (κ1) is 12.3. The molecule has 0 amide bonds. The molecule has 2 nitrogen and oxygen atoms in total. The summed E-state index contributed by atoms with van der Waals surface area (Å²) in [6.45, 7) is 2.75. The number of rotatable bonds is 4. The van der Waals surface area contributed by atoms with Gasteiger partial charge >= 0.3 is 12.1 Å². The van der Waals surface area contributed by atoms with E-state index in [-0.39, 0.29) is 18.1 Å². The monoisotopic (exact) mass is 216 g/mol. The van der Waals surface area contributed by atoms with Crippen LogP contribution in [0.25, 0.3) is 0 Å². The van der Waals surface area contributed by atoms with Crippen molar-refractivity contribution in [2.24, 2.45) is 0 Å². The number of ether oxygens (including phenoxy) is 1. The Morgan fingerprint density at radius 3 is 2.38 bits per heavy atom. The number of carbonyl (C=O) groups is 1. The van der Waals surface area contributed by atoms with Crippen molar-refractivity contribution in [3.05, 3.63) is 11.6 Å². The Labute approximate surface area is 78.3 Å². The zero-order valence-electron chi connectivity index (χ0n) is 6.66. The van der Waals surface area contributed by atoms with Gasteiger partial charge in [-0.1, -0.05) is 18.2 Å². The van der Waals surface area contributed by atoms with Crippen LogP contribution in [0, 0.1) is 0 Å². The van der Waals surface area contributed by atoms with E-state index < -0.39 is 18.6 Å². The largest absolute Gasteiger partial charge is 0.461 e. The number of hydrogen-bond donors (Lipinski definition) is 0. The fraction of sp³-hybridized carbons (Fsp3) is 0.571. The van der Waals surface area contributed by atoms with Gasteiger partial charge in [-0.05, 0) is 6.42 Å². The second-order valence-corrected chi connectivity index (χ2v) is 2.72. The van der Waals surface area contributed by atoms with Gasteiger partial charge in [0, 0.05) is 6.42 Å². The molecule has 0 aliphatic carbocycles. The van der Waals surface area contributed by atoms with E-state index in [1.165, 1.54) is 0 Å². The van der Waals surface area contributed by atoms with Crippen molar-refractivity contribution in [3.63, 3.8) is 0 Å². The molecule has 0 saturated heterocycles. The Hall–Kier alpha value is -0.710. The fourth-order valence-electron chi connectivity index (χ4n) is 0.516. The summed E-state index contributed by atoms with van der Waals surface area (Å²) in [4.78, 5) is 10.5. The highest BCUT2D eigenvalue weighted by atomic mass is 35.5. The van der Waals surface area contributed by atoms with Gasteiger partial charge in [0.15, 0.2) is 0 Å². The van der Waals surface area contributed by atoms with Crippen molar-refractivity contribution >= 4 is 17.6 Å². The van der Waals surface area contributed by atoms with E-state index in [9.17, 15) is 18.0 Å². The molecule has 0 atom stereocenters. The first-order valence-corrected chi connectivity index (χ1v) is 3.79. The number of halogens is 4. The van der Waals surface area contributed by atoms with E-state index in [0.717, 1.165) is 0 Å². The van der Waals surface area contributed by atoms with Crippen LogP contribution in [-0.2, 0) is 9.53 Å². The Bertz CT molecular complexity index is 200. The number of alkyl halides is 3. The number of carbonyl (C=O) groups excluding carboxylic acids is 1. The molecule has 0 heterocycles. The van der Waals surface area contributed by atoms with Crippen molar-refractivity contribution in [1.82, 2.24) is 0 Å². The summed E-state index contributed by atoms with van der Waals surface area (Å²) in [5, 5.41) is -0.341. The van der Waals surface area contributed by atoms with Crippen LogP contribution < -0.4 is 0 Å². The second kappa shape index (κ2) is 5.11. The maximum absolute atomic E-state index is 11.6. The highest BCUT2D eigenvalue weighted by molar-refractivity contribution is 6.40. The summed E-state index contributed by atoms with van der Waals surface area (Å²) in [6.07, 6.45) is -5.46. The maximum atomic E-state index is 11.6. The summed E-state index contributed by atoms with van der Waals surface area (Å²) in [5.74, 6) is -0.885. The smallest absolute Gasteiger partial charge is 0.389 e. The second-order valence-electron chi connectivity index (χ2n) is 2.26. The summed E-state index contributed by atoms with van der Waals surface area (Å²) < 4.78 is 39.0. The van der Waals surface area contributed by atoms with Gasteiger partial charge in [0.05, 0.1) is 6.61 Å². The molecule has 76 valence electrons. The zero-order valence-corrected chi connectivity index (χ0v) is 7.41. The van der Waals surface area contributed by atoms with E-state index in [1.54, 1.807) is 0 Å². The van der Waals surface area contributed by atoms with Crippen molar-refractivity contribution in [1.29, 1.82) is 0 Å². The molecule has 0 spiro atoms. The average Bonchev–Trinajstić information content (AvgIpc) is 1.95. The van der Waals surface area contributed by atoms with Gasteiger partial charge in [0.25, 0.3) is 0 Å². The van der Waals surface area contributed by atoms with Crippen LogP contribution in [0.3, 0.4) is 0 Å². The third-order valence-corrected chi connectivity index (χ3v) is 1.21. The van der Waals surface area contributed by atoms with E-state index in [1.807, 2.05) is 0 Å². The lowest BCUT2D eigenvalue weighted by Gasteiger charge is -2.06. The molecule has 0 aliphatic rings. The van der Waals surface area contributed by atoms with Crippen molar-refractivity contribution in [3.8, 4) is 0 Å². The third kappa shape index (κ3) is 7.64. The quantitative estimate of drug-likeness (QED) is 0.410. The molecular formula is C7H8ClF3O2. The highest BCUT2D eigenvalue weighted by Gasteiger charge is 2.26. The van der Waals surface area contributed by atoms with Crippen molar-refractivity contribution < 1.29 is 22.7 Å². The lowest BCUT2D eigenvalue weighted by Crippen LogP contribution is -2.11. The molecule has 0 bridgehead atoms. The Balaban J connectivity index is 3.47. The number of esters is 1. The molecule has 0 rings (SSSR count). The molecule has 0 aromatic heterocycles. The van der Waals surface area contributed by atoms with Crippen LogP contribution >= 0.6 is 11.6 Å². The Morgan fingerprint density at radius 1 is 1.46 bits per heavy atom. The maximum Gasteiger partial charge on any atom is 0.389 e. The summed E-state index contributed by atoms with van der Waals surface area (Å²) in [7, 11) is 0. The van der Waals surface area contributed by atoms with Crippen LogP contribution in [0.5, 0.6) is 0 Å². The van der Waals surface area contributed by atoms with E-state index >= 15 is 0 Å². The van der Waals surface area contributed by atoms with Crippen LogP contribution in [0.15, 0.2) is 11.6 Å². The molecule has 13 heavy (non-hydrogen) atoms. The molecule has 0 aliphatic heterocycles. The molecule has 0 fully saturated rings. The minimum absolute atomic E-state index is 0.264. The lowest BCUT2D eigenvalue weighted by atomic mass is 10.3. The Morgan fingerprint density at radius 2 is 2.00 bits per heavy atom. The van der Waals surface area contributed by atoms with Gasteiger partial charge in [-0.3, -0.25) is 0 Å². The van der Waals surface area contributed by atoms with E-state index in [2.05, 4.69) is 11.3 Å². The first-order chi connectivity index (χ1) is 5.83. The van der Waals surface area contributed by atoms with Gasteiger partial charge < -0.3 is 4.74 Å². The molecule has 0 saturated carbocycles. The first-order valence-electron chi connectivity index (χ1n) is 3.41. The summed E-state index contributed by atoms with van der Waals surface area (Å²) in [6, 6.07) is 0. The lowest BCUT2D eigenvalue weighted by molar-refractivity contribution is -0.146. The van der Waals surface area contributed by atoms with Gasteiger partial charge in [-0.25, -0.2) is 4.79 Å². The summed E-state index contributed by atoms with van der Waals surface area (Å²) in [5.41, 5.74) is 0.